The van der Waals surface area contributed by atoms with Crippen LogP contribution in [0.2, 0.25) is 0 Å². The van der Waals surface area contributed by atoms with E-state index in [9.17, 15) is 13.2 Å². The second kappa shape index (κ2) is 4.23. The molecule has 2 nitrogen and oxygen atoms in total. The number of alkyl halides is 3. The molecule has 1 aromatic carbocycles. The van der Waals surface area contributed by atoms with Gasteiger partial charge in [-0.05, 0) is 32.9 Å². The van der Waals surface area contributed by atoms with Crippen molar-refractivity contribution in [2.24, 2.45) is 0 Å². The third-order valence-electron chi connectivity index (χ3n) is 1.46. The van der Waals surface area contributed by atoms with Crippen molar-refractivity contribution in [1.29, 1.82) is 0 Å². The molecule has 1 aromatic rings. The molecule has 0 saturated carbocycles. The summed E-state index contributed by atoms with van der Waals surface area (Å²) in [5.74, 6) is 0.0588. The average Bonchev–Trinajstić information content (AvgIpc) is 1.96. The zero-order valence-electron chi connectivity index (χ0n) is 9.26. The second-order valence-corrected chi connectivity index (χ2v) is 4.24. The first-order chi connectivity index (χ1) is 7.16. The van der Waals surface area contributed by atoms with Crippen molar-refractivity contribution in [3.8, 4) is 11.5 Å². The molecule has 0 saturated heterocycles. The van der Waals surface area contributed by atoms with E-state index >= 15 is 0 Å². The van der Waals surface area contributed by atoms with Gasteiger partial charge in [-0.1, -0.05) is 6.07 Å². The van der Waals surface area contributed by atoms with Crippen LogP contribution in [-0.4, -0.2) is 12.0 Å². The molecule has 0 atom stereocenters. The van der Waals surface area contributed by atoms with Crippen LogP contribution in [0.15, 0.2) is 24.3 Å². The molecule has 1 rings (SSSR count). The van der Waals surface area contributed by atoms with Crippen LogP contribution in [0.25, 0.3) is 0 Å². The van der Waals surface area contributed by atoms with E-state index in [2.05, 4.69) is 4.74 Å². The fourth-order valence-corrected chi connectivity index (χ4v) is 1.09. The Balaban J connectivity index is 2.79. The van der Waals surface area contributed by atoms with Crippen LogP contribution in [0.4, 0.5) is 13.2 Å². The summed E-state index contributed by atoms with van der Waals surface area (Å²) in [5, 5.41) is 0. The molecule has 0 unspecified atom stereocenters. The Kier molecular flexibility index (Phi) is 3.35. The fraction of sp³-hybridized carbons (Fsp3) is 0.455. The van der Waals surface area contributed by atoms with Crippen LogP contribution in [0, 0.1) is 0 Å². The zero-order valence-corrected chi connectivity index (χ0v) is 9.26. The van der Waals surface area contributed by atoms with Gasteiger partial charge in [-0.25, -0.2) is 0 Å². The van der Waals surface area contributed by atoms with Crippen LogP contribution in [0.5, 0.6) is 11.5 Å². The molecule has 0 spiro atoms. The molecule has 0 N–H and O–H groups in total. The Hall–Kier alpha value is -1.39. The van der Waals surface area contributed by atoms with Gasteiger partial charge in [0.1, 0.15) is 17.1 Å². The van der Waals surface area contributed by atoms with Crippen molar-refractivity contribution >= 4 is 0 Å². The summed E-state index contributed by atoms with van der Waals surface area (Å²) in [6, 6.07) is 5.46. The van der Waals surface area contributed by atoms with E-state index in [4.69, 9.17) is 4.74 Å². The van der Waals surface area contributed by atoms with Gasteiger partial charge in [0, 0.05) is 6.07 Å². The maximum atomic E-state index is 11.9. The number of ether oxygens (including phenoxy) is 2. The summed E-state index contributed by atoms with van der Waals surface area (Å²) in [5.41, 5.74) is -0.461. The predicted octanol–water partition coefficient (Wildman–Crippen LogP) is 3.76. The smallest absolute Gasteiger partial charge is 0.488 e. The minimum atomic E-state index is -4.68. The average molecular weight is 234 g/mol. The maximum Gasteiger partial charge on any atom is 0.573 e. The van der Waals surface area contributed by atoms with Gasteiger partial charge in [-0.2, -0.15) is 0 Å². The molecule has 0 fully saturated rings. The third kappa shape index (κ3) is 4.91. The minimum absolute atomic E-state index is 0.283. The monoisotopic (exact) mass is 234 g/mol. The van der Waals surface area contributed by atoms with Gasteiger partial charge in [0.25, 0.3) is 0 Å². The Morgan fingerprint density at radius 3 is 1.88 bits per heavy atom. The summed E-state index contributed by atoms with van der Waals surface area (Å²) < 4.78 is 45.0. The van der Waals surface area contributed by atoms with Crippen LogP contribution >= 0.6 is 0 Å². The van der Waals surface area contributed by atoms with Crippen LogP contribution in [0.1, 0.15) is 20.8 Å². The Morgan fingerprint density at radius 1 is 0.938 bits per heavy atom. The lowest BCUT2D eigenvalue weighted by atomic mass is 10.2. The van der Waals surface area contributed by atoms with Crippen molar-refractivity contribution in [2.75, 3.05) is 0 Å². The Labute approximate surface area is 92.0 Å². The summed E-state index contributed by atoms with van der Waals surface area (Å²) in [6.45, 7) is 5.43. The first-order valence-electron chi connectivity index (χ1n) is 4.70. The van der Waals surface area contributed by atoms with Gasteiger partial charge >= 0.3 is 6.36 Å². The highest BCUT2D eigenvalue weighted by Gasteiger charge is 2.31. The maximum absolute atomic E-state index is 11.9. The number of halogens is 3. The molecule has 16 heavy (non-hydrogen) atoms. The Bertz CT molecular complexity index is 322. The lowest BCUT2D eigenvalue weighted by molar-refractivity contribution is -0.274. The normalized spacial score (nSPS) is 12.4. The van der Waals surface area contributed by atoms with E-state index in [0.717, 1.165) is 0 Å². The second-order valence-electron chi connectivity index (χ2n) is 4.24. The van der Waals surface area contributed by atoms with Gasteiger partial charge in [-0.15, -0.1) is 13.2 Å². The quantitative estimate of drug-likeness (QED) is 0.775. The first-order valence-corrected chi connectivity index (χ1v) is 4.70. The molecule has 5 heteroatoms. The SMILES string of the molecule is CC(C)(C)Oc1cccc(OC(F)(F)F)c1. The van der Waals surface area contributed by atoms with Crippen LogP contribution in [-0.2, 0) is 0 Å². The van der Waals surface area contributed by atoms with E-state index in [1.54, 1.807) is 6.07 Å². The van der Waals surface area contributed by atoms with Gasteiger partial charge in [0.15, 0.2) is 0 Å². The van der Waals surface area contributed by atoms with Crippen LogP contribution < -0.4 is 9.47 Å². The minimum Gasteiger partial charge on any atom is -0.488 e. The molecule has 0 aromatic heterocycles. The zero-order chi connectivity index (χ0) is 12.4. The summed E-state index contributed by atoms with van der Waals surface area (Å²) in [4.78, 5) is 0. The van der Waals surface area contributed by atoms with E-state index in [0.29, 0.717) is 5.75 Å². The first kappa shape index (κ1) is 12.7. The number of benzene rings is 1. The molecule has 0 heterocycles. The molecule has 90 valence electrons. The van der Waals surface area contributed by atoms with Gasteiger partial charge in [0.05, 0.1) is 0 Å². The highest BCUT2D eigenvalue weighted by molar-refractivity contribution is 5.33. The number of rotatable bonds is 2. The molecule has 0 bridgehead atoms. The van der Waals surface area contributed by atoms with Gasteiger partial charge in [0.2, 0.25) is 0 Å². The van der Waals surface area contributed by atoms with E-state index in [1.165, 1.54) is 18.2 Å². The standard InChI is InChI=1S/C11H13F3O2/c1-10(2,3)15-8-5-4-6-9(7-8)16-11(12,13)14/h4-7H,1-3H3. The van der Waals surface area contributed by atoms with Crippen molar-refractivity contribution in [3.05, 3.63) is 24.3 Å². The summed E-state index contributed by atoms with van der Waals surface area (Å²) in [6.07, 6.45) is -4.68. The number of hydrogen-bond acceptors (Lipinski definition) is 2. The van der Waals surface area contributed by atoms with E-state index in [1.807, 2.05) is 20.8 Å². The van der Waals surface area contributed by atoms with Crippen molar-refractivity contribution in [3.63, 3.8) is 0 Å². The topological polar surface area (TPSA) is 18.5 Å². The molecular formula is C11H13F3O2. The lowest BCUT2D eigenvalue weighted by Gasteiger charge is -2.21. The lowest BCUT2D eigenvalue weighted by Crippen LogP contribution is -2.23. The number of hydrogen-bond donors (Lipinski definition) is 0. The van der Waals surface area contributed by atoms with Crippen molar-refractivity contribution in [2.45, 2.75) is 32.7 Å². The largest absolute Gasteiger partial charge is 0.573 e. The molecule has 0 aliphatic rings. The predicted molar refractivity (Wildman–Crippen MR) is 53.5 cm³/mol. The molecule has 0 amide bonds. The molecule has 0 radical (unpaired) electrons. The molecule has 0 aliphatic carbocycles. The molecular weight excluding hydrogens is 221 g/mol. The van der Waals surface area contributed by atoms with Crippen LogP contribution in [0.3, 0.4) is 0 Å². The van der Waals surface area contributed by atoms with Gasteiger partial charge in [-0.3, -0.25) is 0 Å². The van der Waals surface area contributed by atoms with E-state index < -0.39 is 12.0 Å². The van der Waals surface area contributed by atoms with Crippen molar-refractivity contribution in [1.82, 2.24) is 0 Å². The summed E-state index contributed by atoms with van der Waals surface area (Å²) in [7, 11) is 0. The highest BCUT2D eigenvalue weighted by atomic mass is 19.4. The Morgan fingerprint density at radius 2 is 1.44 bits per heavy atom. The summed E-state index contributed by atoms with van der Waals surface area (Å²) >= 11 is 0. The highest BCUT2D eigenvalue weighted by Crippen LogP contribution is 2.27. The van der Waals surface area contributed by atoms with Gasteiger partial charge < -0.3 is 9.47 Å². The van der Waals surface area contributed by atoms with E-state index in [-0.39, 0.29) is 5.75 Å². The van der Waals surface area contributed by atoms with Crippen molar-refractivity contribution < 1.29 is 22.6 Å². The molecule has 0 aliphatic heterocycles. The third-order valence-corrected chi connectivity index (χ3v) is 1.46. The fourth-order valence-electron chi connectivity index (χ4n) is 1.09.